The van der Waals surface area contributed by atoms with Gasteiger partial charge in [0, 0.05) is 45.0 Å². The van der Waals surface area contributed by atoms with Crippen LogP contribution in [0.5, 0.6) is 0 Å². The van der Waals surface area contributed by atoms with Crippen molar-refractivity contribution in [1.29, 1.82) is 0 Å². The minimum absolute atomic E-state index is 0.0514. The predicted molar refractivity (Wildman–Crippen MR) is 149 cm³/mol. The van der Waals surface area contributed by atoms with Gasteiger partial charge in [-0.15, -0.1) is 0 Å². The van der Waals surface area contributed by atoms with E-state index in [0.29, 0.717) is 69.0 Å². The Morgan fingerprint density at radius 3 is 2.73 bits per heavy atom. The summed E-state index contributed by atoms with van der Waals surface area (Å²) in [5, 5.41) is 12.5. The third-order valence-corrected chi connectivity index (χ3v) is 6.23. The smallest absolute Gasteiger partial charge is 0.410 e. The maximum atomic E-state index is 12.8. The Bertz CT molecular complexity index is 1290. The summed E-state index contributed by atoms with van der Waals surface area (Å²) in [6.07, 6.45) is 3.19. The van der Waals surface area contributed by atoms with E-state index >= 15 is 0 Å². The molecule has 40 heavy (non-hydrogen) atoms. The molecule has 13 nitrogen and oxygen atoms in total. The van der Waals surface area contributed by atoms with Crippen LogP contribution < -0.4 is 20.9 Å². The predicted octanol–water partition coefficient (Wildman–Crippen LogP) is 1.05. The molecular formula is C27H34N9O4+. The quantitative estimate of drug-likeness (QED) is 0.169. The molecule has 1 aromatic carbocycles. The van der Waals surface area contributed by atoms with Gasteiger partial charge >= 0.3 is 6.09 Å². The molecule has 0 bridgehead atoms. The van der Waals surface area contributed by atoms with Crippen LogP contribution in [0.25, 0.3) is 0 Å². The zero-order valence-electron chi connectivity index (χ0n) is 22.6. The van der Waals surface area contributed by atoms with Gasteiger partial charge in [0.15, 0.2) is 11.5 Å². The van der Waals surface area contributed by atoms with E-state index in [1.54, 1.807) is 17.2 Å². The highest BCUT2D eigenvalue weighted by Crippen LogP contribution is 2.29. The van der Waals surface area contributed by atoms with E-state index in [1.165, 1.54) is 6.33 Å². The molecule has 1 saturated heterocycles. The van der Waals surface area contributed by atoms with E-state index in [9.17, 15) is 9.59 Å². The van der Waals surface area contributed by atoms with Gasteiger partial charge in [0.05, 0.1) is 6.61 Å². The van der Waals surface area contributed by atoms with Gasteiger partial charge in [0.1, 0.15) is 24.4 Å². The van der Waals surface area contributed by atoms with Crippen LogP contribution in [-0.2, 0) is 20.9 Å². The lowest BCUT2D eigenvalue weighted by Gasteiger charge is -2.39. The number of amides is 1. The van der Waals surface area contributed by atoms with Gasteiger partial charge in [-0.05, 0) is 25.5 Å². The topological polar surface area (TPSA) is 160 Å². The summed E-state index contributed by atoms with van der Waals surface area (Å²) in [5.74, 6) is 1.25. The summed E-state index contributed by atoms with van der Waals surface area (Å²) in [4.78, 5) is 45.8. The van der Waals surface area contributed by atoms with Crippen LogP contribution in [0.3, 0.4) is 0 Å². The number of nitrogens with zero attached hydrogens (tertiary/aromatic N) is 6. The van der Waals surface area contributed by atoms with Crippen LogP contribution in [0, 0.1) is 0 Å². The van der Waals surface area contributed by atoms with Crippen molar-refractivity contribution in [3.8, 4) is 0 Å². The SMILES string of the molecule is CCOCCNc1c(Nc2ccncn2)nc(N2CCN(C(=O)OCc3ccccc3)[C@H](C)C2)nc1C(=[NH2+])C=O. The Labute approximate surface area is 232 Å². The molecule has 13 heteroatoms. The number of carbonyl (C=O) groups is 2. The Hall–Kier alpha value is -4.65. The molecule has 1 atom stereocenters. The lowest BCUT2D eigenvalue weighted by Crippen LogP contribution is -2.54. The van der Waals surface area contributed by atoms with Crippen molar-refractivity contribution in [3.63, 3.8) is 0 Å². The summed E-state index contributed by atoms with van der Waals surface area (Å²) >= 11 is 0. The molecule has 1 aliphatic rings. The average molecular weight is 549 g/mol. The number of aromatic nitrogens is 4. The number of aldehydes is 1. The van der Waals surface area contributed by atoms with Gasteiger partial charge in [-0.2, -0.15) is 4.98 Å². The van der Waals surface area contributed by atoms with Crippen molar-refractivity contribution in [2.75, 3.05) is 54.9 Å². The van der Waals surface area contributed by atoms with Crippen molar-refractivity contribution in [2.45, 2.75) is 26.5 Å². The van der Waals surface area contributed by atoms with Gasteiger partial charge in [0.25, 0.3) is 5.71 Å². The molecule has 0 unspecified atom stereocenters. The fraction of sp³-hybridized carbons (Fsp3) is 0.370. The van der Waals surface area contributed by atoms with Crippen LogP contribution in [0.2, 0.25) is 0 Å². The minimum Gasteiger partial charge on any atom is -0.445 e. The molecule has 4 N–H and O–H groups in total. The first-order valence-corrected chi connectivity index (χ1v) is 13.1. The summed E-state index contributed by atoms with van der Waals surface area (Å²) in [7, 11) is 0. The molecular weight excluding hydrogens is 514 g/mol. The maximum Gasteiger partial charge on any atom is 0.410 e. The highest BCUT2D eigenvalue weighted by Gasteiger charge is 2.31. The molecule has 4 rings (SSSR count). The minimum atomic E-state index is -0.379. The molecule has 0 spiro atoms. The molecule has 1 amide bonds. The van der Waals surface area contributed by atoms with Gasteiger partial charge in [-0.25, -0.2) is 25.2 Å². The standard InChI is InChI=1S/C27H33N9O4/c1-3-39-14-11-30-24-23(21(28)16-37)33-26(34-25(24)32-22-9-10-29-18-31-22)35-12-13-36(19(2)15-35)27(38)40-17-20-7-5-4-6-8-20/h4-10,16,18-19,28,30H,3,11-15,17H2,1-2H3,(H,29,31,32,33,34)/p+1/t19-/m1/s1. The number of nitrogens with two attached hydrogens (primary N) is 1. The van der Waals surface area contributed by atoms with E-state index in [1.807, 2.05) is 49.1 Å². The molecule has 3 heterocycles. The van der Waals surface area contributed by atoms with Crippen molar-refractivity contribution in [1.82, 2.24) is 24.8 Å². The maximum absolute atomic E-state index is 12.8. The third kappa shape index (κ3) is 7.26. The number of ether oxygens (including phenoxy) is 2. The van der Waals surface area contributed by atoms with E-state index in [4.69, 9.17) is 19.9 Å². The summed E-state index contributed by atoms with van der Waals surface area (Å²) in [6.45, 7) is 6.81. The van der Waals surface area contributed by atoms with Crippen molar-refractivity contribution in [2.24, 2.45) is 0 Å². The lowest BCUT2D eigenvalue weighted by atomic mass is 10.2. The highest BCUT2D eigenvalue weighted by molar-refractivity contribution is 6.34. The van der Waals surface area contributed by atoms with Gasteiger partial charge in [-0.1, -0.05) is 30.3 Å². The van der Waals surface area contributed by atoms with Crippen molar-refractivity contribution < 1.29 is 24.5 Å². The largest absolute Gasteiger partial charge is 0.445 e. The second-order valence-electron chi connectivity index (χ2n) is 9.04. The van der Waals surface area contributed by atoms with Crippen LogP contribution in [0.4, 0.5) is 28.1 Å². The second kappa shape index (κ2) is 13.9. The number of hydrogen-bond acceptors (Lipinski definition) is 11. The molecule has 2 aromatic heterocycles. The molecule has 210 valence electrons. The molecule has 1 fully saturated rings. The Kier molecular flexibility index (Phi) is 9.88. The van der Waals surface area contributed by atoms with Crippen LogP contribution >= 0.6 is 0 Å². The van der Waals surface area contributed by atoms with Gasteiger partial charge in [-0.3, -0.25) is 4.79 Å². The summed E-state index contributed by atoms with van der Waals surface area (Å²) in [6, 6.07) is 11.1. The fourth-order valence-electron chi connectivity index (χ4n) is 4.20. The van der Waals surface area contributed by atoms with Crippen LogP contribution in [-0.4, -0.2) is 88.4 Å². The molecule has 0 saturated carbocycles. The monoisotopic (exact) mass is 548 g/mol. The van der Waals surface area contributed by atoms with Crippen molar-refractivity contribution in [3.05, 3.63) is 60.2 Å². The van der Waals surface area contributed by atoms with Crippen LogP contribution in [0.15, 0.2) is 48.9 Å². The first-order valence-electron chi connectivity index (χ1n) is 13.1. The second-order valence-corrected chi connectivity index (χ2v) is 9.04. The van der Waals surface area contributed by atoms with E-state index < -0.39 is 0 Å². The van der Waals surface area contributed by atoms with Gasteiger partial charge in [0.2, 0.25) is 12.2 Å². The number of piperazine rings is 1. The average Bonchev–Trinajstić information content (AvgIpc) is 2.99. The number of nitrogens with one attached hydrogen (secondary N) is 2. The number of benzene rings is 1. The Balaban J connectivity index is 1.55. The fourth-order valence-corrected chi connectivity index (χ4v) is 4.20. The Morgan fingerprint density at radius 1 is 1.20 bits per heavy atom. The first-order chi connectivity index (χ1) is 19.5. The van der Waals surface area contributed by atoms with E-state index in [-0.39, 0.29) is 30.1 Å². The number of carbonyl (C=O) groups excluding carboxylic acids is 2. The first kappa shape index (κ1) is 28.4. The molecule has 0 aliphatic carbocycles. The van der Waals surface area contributed by atoms with Crippen molar-refractivity contribution >= 4 is 41.4 Å². The summed E-state index contributed by atoms with van der Waals surface area (Å²) < 4.78 is 11.0. The molecule has 1 aliphatic heterocycles. The molecule has 3 aromatic rings. The highest BCUT2D eigenvalue weighted by atomic mass is 16.6. The number of anilines is 4. The van der Waals surface area contributed by atoms with E-state index in [2.05, 4.69) is 25.6 Å². The number of hydrogen-bond donors (Lipinski definition) is 3. The Morgan fingerprint density at radius 2 is 2.02 bits per heavy atom. The number of rotatable bonds is 12. The van der Waals surface area contributed by atoms with Gasteiger partial charge < -0.3 is 29.9 Å². The molecule has 0 radical (unpaired) electrons. The zero-order valence-corrected chi connectivity index (χ0v) is 22.6. The third-order valence-electron chi connectivity index (χ3n) is 6.23. The van der Waals surface area contributed by atoms with Crippen LogP contribution in [0.1, 0.15) is 25.1 Å². The summed E-state index contributed by atoms with van der Waals surface area (Å²) in [5.41, 5.74) is 1.57. The normalized spacial score (nSPS) is 14.9. The van der Waals surface area contributed by atoms with E-state index in [0.717, 1.165) is 5.56 Å². The lowest BCUT2D eigenvalue weighted by molar-refractivity contribution is -0.127. The zero-order chi connectivity index (χ0) is 28.3.